The lowest BCUT2D eigenvalue weighted by molar-refractivity contribution is -0.145. The van der Waals surface area contributed by atoms with Gasteiger partial charge in [0.15, 0.2) is 0 Å². The van der Waals surface area contributed by atoms with Gasteiger partial charge in [-0.05, 0) is 38.8 Å². The summed E-state index contributed by atoms with van der Waals surface area (Å²) in [6, 6.07) is 15.2. The zero-order valence-electron chi connectivity index (χ0n) is 26.9. The van der Waals surface area contributed by atoms with Crippen molar-refractivity contribution in [3.8, 4) is 0 Å². The predicted octanol–water partition coefficient (Wildman–Crippen LogP) is 2.54. The summed E-state index contributed by atoms with van der Waals surface area (Å²) >= 11 is 0. The minimum Gasteiger partial charge on any atom is -0.480 e. The molecule has 5 N–H and O–H groups in total. The first-order chi connectivity index (χ1) is 22.2. The molecule has 0 aliphatic heterocycles. The minimum absolute atomic E-state index is 0.0333. The van der Waals surface area contributed by atoms with E-state index in [0.717, 1.165) is 11.1 Å². The normalized spacial score (nSPS) is 12.0. The SMILES string of the molecule is C[C@@H](NC(=O)OC(C)(C)C)C(=O)N[C@@H](CC(=O)N(CCNC(=O)OCc1ccccc1)CCNC(=O)OCc1ccccc1)C(=O)O. The number of rotatable bonds is 16. The fraction of sp³-hybridized carbons (Fsp3) is 0.438. The van der Waals surface area contributed by atoms with Crippen LogP contribution in [0.3, 0.4) is 0 Å². The Hall–Kier alpha value is -5.34. The van der Waals surface area contributed by atoms with Crippen LogP contribution in [0, 0.1) is 0 Å². The molecule has 0 saturated carbocycles. The van der Waals surface area contributed by atoms with E-state index in [2.05, 4.69) is 21.3 Å². The van der Waals surface area contributed by atoms with E-state index in [1.165, 1.54) is 11.8 Å². The van der Waals surface area contributed by atoms with Gasteiger partial charge in [0, 0.05) is 26.2 Å². The van der Waals surface area contributed by atoms with Gasteiger partial charge in [-0.1, -0.05) is 60.7 Å². The molecule has 0 bridgehead atoms. The van der Waals surface area contributed by atoms with Crippen molar-refractivity contribution >= 4 is 36.1 Å². The van der Waals surface area contributed by atoms with Gasteiger partial charge in [-0.2, -0.15) is 0 Å². The predicted molar refractivity (Wildman–Crippen MR) is 169 cm³/mol. The van der Waals surface area contributed by atoms with E-state index in [4.69, 9.17) is 14.2 Å². The maximum absolute atomic E-state index is 13.3. The number of carboxylic acid groups (broad SMARTS) is 1. The van der Waals surface area contributed by atoms with Crippen LogP contribution in [-0.2, 0) is 41.8 Å². The molecule has 15 nitrogen and oxygen atoms in total. The Balaban J connectivity index is 1.97. The van der Waals surface area contributed by atoms with Gasteiger partial charge in [0.25, 0.3) is 0 Å². The highest BCUT2D eigenvalue weighted by atomic mass is 16.6. The zero-order chi connectivity index (χ0) is 34.8. The molecule has 0 aliphatic rings. The molecule has 256 valence electrons. The second kappa shape index (κ2) is 19.2. The first-order valence-corrected chi connectivity index (χ1v) is 14.9. The minimum atomic E-state index is -1.65. The Bertz CT molecular complexity index is 1270. The summed E-state index contributed by atoms with van der Waals surface area (Å²) in [7, 11) is 0. The Morgan fingerprint density at radius 2 is 1.21 bits per heavy atom. The van der Waals surface area contributed by atoms with E-state index < -0.39 is 60.2 Å². The molecule has 2 aromatic carbocycles. The number of hydrogen-bond donors (Lipinski definition) is 5. The molecule has 0 fully saturated rings. The highest BCUT2D eigenvalue weighted by Gasteiger charge is 2.29. The quantitative estimate of drug-likeness (QED) is 0.167. The van der Waals surface area contributed by atoms with Gasteiger partial charge < -0.3 is 45.5 Å². The molecule has 0 spiro atoms. The van der Waals surface area contributed by atoms with Gasteiger partial charge >= 0.3 is 24.2 Å². The Morgan fingerprint density at radius 3 is 1.64 bits per heavy atom. The summed E-state index contributed by atoms with van der Waals surface area (Å²) in [6.07, 6.45) is -2.99. The molecule has 0 aliphatic carbocycles. The smallest absolute Gasteiger partial charge is 0.408 e. The van der Waals surface area contributed by atoms with Crippen molar-refractivity contribution in [2.24, 2.45) is 0 Å². The van der Waals surface area contributed by atoms with Crippen LogP contribution in [-0.4, -0.2) is 89.9 Å². The molecular formula is C32H43N5O10. The highest BCUT2D eigenvalue weighted by molar-refractivity contribution is 5.91. The van der Waals surface area contributed by atoms with Gasteiger partial charge in [-0.15, -0.1) is 0 Å². The van der Waals surface area contributed by atoms with Crippen molar-refractivity contribution in [1.82, 2.24) is 26.2 Å². The molecule has 2 aromatic rings. The molecule has 5 amide bonds. The van der Waals surface area contributed by atoms with Crippen LogP contribution in [0.1, 0.15) is 45.2 Å². The van der Waals surface area contributed by atoms with Crippen LogP contribution >= 0.6 is 0 Å². The van der Waals surface area contributed by atoms with Gasteiger partial charge in [0.1, 0.15) is 30.9 Å². The fourth-order valence-corrected chi connectivity index (χ4v) is 3.85. The summed E-state index contributed by atoms with van der Waals surface area (Å²) in [5.74, 6) is -3.03. The standard InChI is InChI=1S/C32H43N5O10/c1-22(35-31(44)47-32(2,3)4)27(39)36-25(28(40)41)19-26(38)37(17-15-33-29(42)45-20-23-11-7-5-8-12-23)18-16-34-30(43)46-21-24-13-9-6-10-14-24/h5-14,22,25H,15-21H2,1-4H3,(H,33,42)(H,34,43)(H,35,44)(H,36,39)(H,40,41)/t22-,25+/m1/s1. The molecule has 0 aromatic heterocycles. The van der Waals surface area contributed by atoms with E-state index >= 15 is 0 Å². The number of amides is 5. The zero-order valence-corrected chi connectivity index (χ0v) is 26.9. The number of carboxylic acids is 1. The first kappa shape index (κ1) is 37.8. The lowest BCUT2D eigenvalue weighted by Gasteiger charge is -2.26. The maximum atomic E-state index is 13.3. The molecule has 0 unspecified atom stereocenters. The molecule has 2 atom stereocenters. The molecule has 2 rings (SSSR count). The summed E-state index contributed by atoms with van der Waals surface area (Å²) in [5, 5.41) is 19.3. The van der Waals surface area contributed by atoms with Gasteiger partial charge in [0.05, 0.1) is 6.42 Å². The Morgan fingerprint density at radius 1 is 0.745 bits per heavy atom. The largest absolute Gasteiger partial charge is 0.480 e. The molecular weight excluding hydrogens is 614 g/mol. The lowest BCUT2D eigenvalue weighted by Crippen LogP contribution is -2.52. The van der Waals surface area contributed by atoms with Crippen molar-refractivity contribution < 1.29 is 48.1 Å². The number of alkyl carbamates (subject to hydrolysis) is 3. The third-order valence-corrected chi connectivity index (χ3v) is 6.20. The van der Waals surface area contributed by atoms with Crippen molar-refractivity contribution in [2.75, 3.05) is 26.2 Å². The fourth-order valence-electron chi connectivity index (χ4n) is 3.85. The lowest BCUT2D eigenvalue weighted by atomic mass is 10.1. The summed E-state index contributed by atoms with van der Waals surface area (Å²) < 4.78 is 15.4. The molecule has 0 saturated heterocycles. The monoisotopic (exact) mass is 657 g/mol. The molecule has 47 heavy (non-hydrogen) atoms. The maximum Gasteiger partial charge on any atom is 0.408 e. The van der Waals surface area contributed by atoms with E-state index in [1.807, 2.05) is 12.1 Å². The van der Waals surface area contributed by atoms with Crippen LogP contribution in [0.5, 0.6) is 0 Å². The number of nitrogens with one attached hydrogen (secondary N) is 4. The van der Waals surface area contributed by atoms with E-state index in [0.29, 0.717) is 0 Å². The summed E-state index contributed by atoms with van der Waals surface area (Å²) in [4.78, 5) is 75.5. The van der Waals surface area contributed by atoms with Crippen LogP contribution in [0.15, 0.2) is 60.7 Å². The van der Waals surface area contributed by atoms with Crippen molar-refractivity contribution in [3.05, 3.63) is 71.8 Å². The van der Waals surface area contributed by atoms with Crippen LogP contribution < -0.4 is 21.3 Å². The third kappa shape index (κ3) is 16.0. The number of nitrogens with zero attached hydrogens (tertiary/aromatic N) is 1. The topological polar surface area (TPSA) is 202 Å². The van der Waals surface area contributed by atoms with Crippen molar-refractivity contribution in [3.63, 3.8) is 0 Å². The van der Waals surface area contributed by atoms with E-state index in [9.17, 15) is 33.9 Å². The number of carbonyl (C=O) groups excluding carboxylic acids is 5. The van der Waals surface area contributed by atoms with Gasteiger partial charge in [-0.25, -0.2) is 19.2 Å². The van der Waals surface area contributed by atoms with Crippen molar-refractivity contribution in [1.29, 1.82) is 0 Å². The number of ether oxygens (including phenoxy) is 3. The van der Waals surface area contributed by atoms with Crippen molar-refractivity contribution in [2.45, 2.75) is 65.0 Å². The van der Waals surface area contributed by atoms with Gasteiger partial charge in [0.2, 0.25) is 11.8 Å². The second-order valence-electron chi connectivity index (χ2n) is 11.3. The van der Waals surface area contributed by atoms with Crippen LogP contribution in [0.2, 0.25) is 0 Å². The van der Waals surface area contributed by atoms with Gasteiger partial charge in [-0.3, -0.25) is 9.59 Å². The Labute approximate surface area is 273 Å². The van der Waals surface area contributed by atoms with E-state index in [1.54, 1.807) is 69.3 Å². The second-order valence-corrected chi connectivity index (χ2v) is 11.3. The number of aliphatic carboxylic acids is 1. The van der Waals surface area contributed by atoms with E-state index in [-0.39, 0.29) is 39.4 Å². The summed E-state index contributed by atoms with van der Waals surface area (Å²) in [6.45, 7) is 6.06. The van der Waals surface area contributed by atoms with Crippen LogP contribution in [0.4, 0.5) is 14.4 Å². The molecule has 0 heterocycles. The average molecular weight is 658 g/mol. The number of carbonyl (C=O) groups is 6. The number of hydrogen-bond acceptors (Lipinski definition) is 9. The first-order valence-electron chi connectivity index (χ1n) is 14.9. The average Bonchev–Trinajstić information content (AvgIpc) is 3.01. The molecule has 15 heteroatoms. The third-order valence-electron chi connectivity index (χ3n) is 6.20. The molecule has 0 radical (unpaired) electrons. The highest BCUT2D eigenvalue weighted by Crippen LogP contribution is 2.07. The Kier molecular flexibility index (Phi) is 15.5. The van der Waals surface area contributed by atoms with Crippen LogP contribution in [0.25, 0.3) is 0 Å². The summed E-state index contributed by atoms with van der Waals surface area (Å²) in [5.41, 5.74) is 0.741. The number of benzene rings is 2.